The van der Waals surface area contributed by atoms with E-state index in [0.29, 0.717) is 19.7 Å². The van der Waals surface area contributed by atoms with Crippen LogP contribution in [0.5, 0.6) is 0 Å². The number of aromatic nitrogens is 2. The van der Waals surface area contributed by atoms with E-state index < -0.39 is 22.3 Å². The van der Waals surface area contributed by atoms with Crippen LogP contribution in [0, 0.1) is 0 Å². The molecule has 1 N–H and O–H groups in total. The van der Waals surface area contributed by atoms with Crippen molar-refractivity contribution in [2.45, 2.75) is 50.6 Å². The molecule has 9 heteroatoms. The van der Waals surface area contributed by atoms with Crippen molar-refractivity contribution < 1.29 is 13.2 Å². The molecule has 1 aromatic heterocycles. The number of fused-ring (bicyclic) bond motifs is 1. The molecule has 0 aromatic carbocycles. The average Bonchev–Trinajstić information content (AvgIpc) is 3.26. The van der Waals surface area contributed by atoms with E-state index in [2.05, 4.69) is 9.82 Å². The maximum Gasteiger partial charge on any atom is 0.279 e. The number of aryl methyl sites for hydroxylation is 2. The molecule has 3 aliphatic rings. The molecule has 1 aromatic rings. The van der Waals surface area contributed by atoms with Crippen LogP contribution in [-0.2, 0) is 27.8 Å². The van der Waals surface area contributed by atoms with Crippen LogP contribution in [0.25, 0.3) is 0 Å². The molecular weight excluding hydrogens is 344 g/mol. The highest BCUT2D eigenvalue weighted by Crippen LogP contribution is 2.22. The number of hydrogen-bond donors (Lipinski definition) is 1. The van der Waals surface area contributed by atoms with Gasteiger partial charge in [0.15, 0.2) is 0 Å². The number of nitrogens with one attached hydrogen (secondary N) is 1. The van der Waals surface area contributed by atoms with Crippen LogP contribution < -0.4 is 10.3 Å². The molecule has 8 nitrogen and oxygen atoms in total. The summed E-state index contributed by atoms with van der Waals surface area (Å²) in [5.74, 6) is 0. The molecule has 0 bridgehead atoms. The van der Waals surface area contributed by atoms with Gasteiger partial charge < -0.3 is 4.74 Å². The first kappa shape index (κ1) is 17.1. The van der Waals surface area contributed by atoms with E-state index in [9.17, 15) is 13.2 Å². The minimum atomic E-state index is -3.55. The van der Waals surface area contributed by atoms with Gasteiger partial charge in [0.25, 0.3) is 15.8 Å². The van der Waals surface area contributed by atoms with E-state index in [0.717, 1.165) is 49.8 Å². The normalized spacial score (nSPS) is 27.5. The number of hydrogen-bond acceptors (Lipinski definition) is 5. The molecule has 0 amide bonds. The quantitative estimate of drug-likeness (QED) is 0.807. The Morgan fingerprint density at radius 2 is 1.88 bits per heavy atom. The van der Waals surface area contributed by atoms with Crippen molar-refractivity contribution in [2.75, 3.05) is 26.3 Å². The molecule has 0 saturated carbocycles. The number of rotatable bonds is 4. The molecule has 2 aliphatic heterocycles. The topological polar surface area (TPSA) is 93.5 Å². The fraction of sp³-hybridized carbons (Fsp3) is 0.750. The van der Waals surface area contributed by atoms with Crippen molar-refractivity contribution in [2.24, 2.45) is 0 Å². The molecule has 0 radical (unpaired) electrons. The van der Waals surface area contributed by atoms with Crippen LogP contribution in [0.4, 0.5) is 0 Å². The van der Waals surface area contributed by atoms with Gasteiger partial charge in [-0.05, 0) is 44.1 Å². The number of nitrogens with zero attached hydrogens (tertiary/aromatic N) is 3. The Labute approximate surface area is 147 Å². The lowest BCUT2D eigenvalue weighted by atomic mass is 9.97. The molecule has 2 saturated heterocycles. The fourth-order valence-corrected chi connectivity index (χ4v) is 5.40. The van der Waals surface area contributed by atoms with Crippen molar-refractivity contribution in [1.29, 1.82) is 0 Å². The largest absolute Gasteiger partial charge is 0.377 e. The predicted octanol–water partition coefficient (Wildman–Crippen LogP) is -0.00780. The van der Waals surface area contributed by atoms with Crippen molar-refractivity contribution in [1.82, 2.24) is 18.8 Å². The van der Waals surface area contributed by atoms with E-state index in [-0.39, 0.29) is 12.2 Å². The summed E-state index contributed by atoms with van der Waals surface area (Å²) in [6, 6.07) is 0.779. The third kappa shape index (κ3) is 3.38. The van der Waals surface area contributed by atoms with Gasteiger partial charge in [-0.15, -0.1) is 0 Å². The first-order valence-electron chi connectivity index (χ1n) is 9.01. The summed E-state index contributed by atoms with van der Waals surface area (Å²) in [5.41, 5.74) is 1.81. The van der Waals surface area contributed by atoms with E-state index in [1.54, 1.807) is 6.07 Å². The van der Waals surface area contributed by atoms with Gasteiger partial charge in [0, 0.05) is 19.2 Å². The summed E-state index contributed by atoms with van der Waals surface area (Å²) in [7, 11) is -3.55. The zero-order valence-electron chi connectivity index (χ0n) is 14.2. The predicted molar refractivity (Wildman–Crippen MR) is 91.6 cm³/mol. The van der Waals surface area contributed by atoms with Gasteiger partial charge >= 0.3 is 0 Å². The smallest absolute Gasteiger partial charge is 0.279 e. The summed E-state index contributed by atoms with van der Waals surface area (Å²) in [6.07, 6.45) is 5.69. The second-order valence-electron chi connectivity index (χ2n) is 7.05. The Hall–Kier alpha value is -1.29. The Kier molecular flexibility index (Phi) is 4.65. The minimum absolute atomic E-state index is 0.179. The van der Waals surface area contributed by atoms with Crippen LogP contribution in [-0.4, -0.2) is 54.8 Å². The highest BCUT2D eigenvalue weighted by molar-refractivity contribution is 7.87. The summed E-state index contributed by atoms with van der Waals surface area (Å²) >= 11 is 0. The monoisotopic (exact) mass is 368 g/mol. The molecule has 0 spiro atoms. The van der Waals surface area contributed by atoms with Crippen LogP contribution >= 0.6 is 0 Å². The highest BCUT2D eigenvalue weighted by Gasteiger charge is 2.37. The van der Waals surface area contributed by atoms with Crippen molar-refractivity contribution in [3.63, 3.8) is 0 Å². The average molecular weight is 368 g/mol. The van der Waals surface area contributed by atoms with Crippen LogP contribution in [0.2, 0.25) is 0 Å². The Balaban J connectivity index is 1.58. The molecule has 2 atom stereocenters. The minimum Gasteiger partial charge on any atom is -0.377 e. The zero-order chi connectivity index (χ0) is 17.4. The van der Waals surface area contributed by atoms with Crippen LogP contribution in [0.15, 0.2) is 10.9 Å². The van der Waals surface area contributed by atoms with E-state index >= 15 is 0 Å². The summed E-state index contributed by atoms with van der Waals surface area (Å²) in [6.45, 7) is 1.64. The lowest BCUT2D eigenvalue weighted by molar-refractivity contribution is 0.181. The highest BCUT2D eigenvalue weighted by atomic mass is 32.2. The summed E-state index contributed by atoms with van der Waals surface area (Å²) in [4.78, 5) is 12.5. The standard InChI is InChI=1S/C16H24N4O4S/c21-16-9-12-5-1-2-6-13(12)17-20(16)15-11-24-10-14(15)18-25(22,23)19-7-3-4-8-19/h9,14-15,18H,1-8,10-11H2. The van der Waals surface area contributed by atoms with Crippen molar-refractivity contribution >= 4 is 10.2 Å². The molecule has 1 aliphatic carbocycles. The Morgan fingerprint density at radius 3 is 2.68 bits per heavy atom. The molecule has 25 heavy (non-hydrogen) atoms. The third-order valence-corrected chi connectivity index (χ3v) is 6.95. The zero-order valence-corrected chi connectivity index (χ0v) is 15.0. The summed E-state index contributed by atoms with van der Waals surface area (Å²) < 4.78 is 36.2. The molecule has 2 unspecified atom stereocenters. The lowest BCUT2D eigenvalue weighted by Gasteiger charge is -2.24. The second kappa shape index (κ2) is 6.79. The lowest BCUT2D eigenvalue weighted by Crippen LogP contribution is -2.49. The van der Waals surface area contributed by atoms with Gasteiger partial charge in [0.1, 0.15) is 0 Å². The molecular formula is C16H24N4O4S. The van der Waals surface area contributed by atoms with E-state index in [1.807, 2.05) is 0 Å². The SMILES string of the molecule is O=c1cc2c(nn1C1COCC1NS(=O)(=O)N1CCCC1)CCCC2. The molecule has 138 valence electrons. The first-order chi connectivity index (χ1) is 12.0. The van der Waals surface area contributed by atoms with Crippen molar-refractivity contribution in [3.05, 3.63) is 27.7 Å². The Morgan fingerprint density at radius 1 is 1.12 bits per heavy atom. The van der Waals surface area contributed by atoms with Gasteiger partial charge in [-0.3, -0.25) is 4.79 Å². The Bertz CT molecular complexity index is 801. The van der Waals surface area contributed by atoms with Gasteiger partial charge in [-0.2, -0.15) is 22.5 Å². The van der Waals surface area contributed by atoms with Crippen molar-refractivity contribution in [3.8, 4) is 0 Å². The van der Waals surface area contributed by atoms with Gasteiger partial charge in [0.2, 0.25) is 0 Å². The molecule has 2 fully saturated rings. The van der Waals surface area contributed by atoms with Gasteiger partial charge in [0.05, 0.1) is 31.0 Å². The molecule has 3 heterocycles. The summed E-state index contributed by atoms with van der Waals surface area (Å²) in [5, 5.41) is 4.55. The molecule has 4 rings (SSSR count). The fourth-order valence-electron chi connectivity index (χ4n) is 3.91. The number of ether oxygens (including phenoxy) is 1. The van der Waals surface area contributed by atoms with Gasteiger partial charge in [-0.25, -0.2) is 4.68 Å². The van der Waals surface area contributed by atoms with E-state index in [4.69, 9.17) is 4.74 Å². The maximum absolute atomic E-state index is 12.5. The first-order valence-corrected chi connectivity index (χ1v) is 10.5. The third-order valence-electron chi connectivity index (χ3n) is 5.30. The van der Waals surface area contributed by atoms with Gasteiger partial charge in [-0.1, -0.05) is 0 Å². The van der Waals surface area contributed by atoms with Crippen LogP contribution in [0.1, 0.15) is 43.0 Å². The van der Waals surface area contributed by atoms with Crippen LogP contribution in [0.3, 0.4) is 0 Å². The maximum atomic E-state index is 12.5. The van der Waals surface area contributed by atoms with E-state index in [1.165, 1.54) is 8.99 Å². The second-order valence-corrected chi connectivity index (χ2v) is 8.75.